The number of para-hydroxylation sites is 1. The summed E-state index contributed by atoms with van der Waals surface area (Å²) in [4.78, 5) is 32.7. The average molecular weight is 329 g/mol. The van der Waals surface area contributed by atoms with Crippen LogP contribution in [0.5, 0.6) is 0 Å². The number of aromatic nitrogens is 3. The second kappa shape index (κ2) is 6.70. The second-order valence-electron chi connectivity index (χ2n) is 4.94. The van der Waals surface area contributed by atoms with Gasteiger partial charge in [-0.1, -0.05) is 19.1 Å². The summed E-state index contributed by atoms with van der Waals surface area (Å²) in [5.74, 6) is -0.491. The number of rotatable bonds is 5. The molecule has 2 heterocycles. The summed E-state index contributed by atoms with van der Waals surface area (Å²) in [5.41, 5.74) is 1.08. The standard InChI is InChI=1S/C16H15N3O3S/c1-2-14-18-11(9-23-14)8-22-15(20)7-19-10-17-13-6-4-3-5-12(13)16(19)21/h3-6,9-10H,2,7-8H2,1H3. The van der Waals surface area contributed by atoms with Crippen molar-refractivity contribution in [3.63, 3.8) is 0 Å². The highest BCUT2D eigenvalue weighted by Crippen LogP contribution is 2.11. The third-order valence-corrected chi connectivity index (χ3v) is 4.36. The predicted octanol–water partition coefficient (Wildman–Crippen LogP) is 2.16. The highest BCUT2D eigenvalue weighted by Gasteiger charge is 2.10. The van der Waals surface area contributed by atoms with Gasteiger partial charge in [0.2, 0.25) is 0 Å². The number of carbonyl (C=O) groups excluding carboxylic acids is 1. The first kappa shape index (κ1) is 15.4. The molecule has 0 amide bonds. The van der Waals surface area contributed by atoms with Gasteiger partial charge in [-0.15, -0.1) is 11.3 Å². The van der Waals surface area contributed by atoms with Gasteiger partial charge >= 0.3 is 5.97 Å². The molecule has 0 saturated carbocycles. The van der Waals surface area contributed by atoms with Crippen molar-refractivity contribution in [2.75, 3.05) is 0 Å². The van der Waals surface area contributed by atoms with Crippen LogP contribution in [0.25, 0.3) is 10.9 Å². The van der Waals surface area contributed by atoms with Gasteiger partial charge < -0.3 is 4.74 Å². The Morgan fingerprint density at radius 3 is 2.96 bits per heavy atom. The molecule has 0 spiro atoms. The minimum absolute atomic E-state index is 0.116. The molecule has 0 aliphatic rings. The fraction of sp³-hybridized carbons (Fsp3) is 0.250. The fourth-order valence-corrected chi connectivity index (χ4v) is 2.86. The molecule has 0 aliphatic heterocycles. The maximum absolute atomic E-state index is 12.3. The minimum atomic E-state index is -0.491. The Hall–Kier alpha value is -2.54. The zero-order chi connectivity index (χ0) is 16.2. The Morgan fingerprint density at radius 1 is 1.35 bits per heavy atom. The molecule has 3 rings (SSSR count). The van der Waals surface area contributed by atoms with Crippen molar-refractivity contribution in [2.45, 2.75) is 26.5 Å². The molecule has 0 radical (unpaired) electrons. The van der Waals surface area contributed by atoms with Gasteiger partial charge in [0, 0.05) is 5.38 Å². The van der Waals surface area contributed by atoms with Crippen molar-refractivity contribution in [3.05, 3.63) is 57.0 Å². The lowest BCUT2D eigenvalue weighted by atomic mass is 10.2. The van der Waals surface area contributed by atoms with Crippen LogP contribution in [0.4, 0.5) is 0 Å². The number of carbonyl (C=O) groups is 1. The lowest BCUT2D eigenvalue weighted by Gasteiger charge is -2.06. The van der Waals surface area contributed by atoms with Gasteiger partial charge in [-0.2, -0.15) is 0 Å². The Labute approximate surface area is 136 Å². The van der Waals surface area contributed by atoms with Crippen LogP contribution >= 0.6 is 11.3 Å². The zero-order valence-corrected chi connectivity index (χ0v) is 13.4. The zero-order valence-electron chi connectivity index (χ0n) is 12.6. The average Bonchev–Trinajstić information content (AvgIpc) is 3.04. The number of nitrogens with zero attached hydrogens (tertiary/aromatic N) is 3. The summed E-state index contributed by atoms with van der Waals surface area (Å²) in [5, 5.41) is 3.36. The molecule has 0 unspecified atom stereocenters. The second-order valence-corrected chi connectivity index (χ2v) is 5.88. The molecular weight excluding hydrogens is 314 g/mol. The molecule has 0 bridgehead atoms. The van der Waals surface area contributed by atoms with Crippen LogP contribution in [0.1, 0.15) is 17.6 Å². The predicted molar refractivity (Wildman–Crippen MR) is 87.3 cm³/mol. The van der Waals surface area contributed by atoms with Crippen LogP contribution in [0.2, 0.25) is 0 Å². The van der Waals surface area contributed by atoms with Gasteiger partial charge in [-0.05, 0) is 18.6 Å². The van der Waals surface area contributed by atoms with E-state index in [0.717, 1.165) is 17.1 Å². The molecule has 23 heavy (non-hydrogen) atoms. The maximum Gasteiger partial charge on any atom is 0.326 e. The van der Waals surface area contributed by atoms with E-state index in [0.29, 0.717) is 10.9 Å². The normalized spacial score (nSPS) is 10.8. The summed E-state index contributed by atoms with van der Waals surface area (Å²) in [6, 6.07) is 7.02. The highest BCUT2D eigenvalue weighted by molar-refractivity contribution is 7.09. The van der Waals surface area contributed by atoms with E-state index in [4.69, 9.17) is 4.74 Å². The summed E-state index contributed by atoms with van der Waals surface area (Å²) < 4.78 is 6.43. The Kier molecular flexibility index (Phi) is 4.47. The van der Waals surface area contributed by atoms with Crippen molar-refractivity contribution in [3.8, 4) is 0 Å². The maximum atomic E-state index is 12.3. The van der Waals surface area contributed by atoms with Gasteiger partial charge in [-0.3, -0.25) is 14.2 Å². The molecule has 118 valence electrons. The van der Waals surface area contributed by atoms with E-state index in [1.54, 1.807) is 29.5 Å². The number of ether oxygens (including phenoxy) is 1. The first-order valence-corrected chi connectivity index (χ1v) is 8.08. The monoisotopic (exact) mass is 329 g/mol. The summed E-state index contributed by atoms with van der Waals surface area (Å²) >= 11 is 1.54. The summed E-state index contributed by atoms with van der Waals surface area (Å²) in [7, 11) is 0. The van der Waals surface area contributed by atoms with E-state index in [-0.39, 0.29) is 18.7 Å². The van der Waals surface area contributed by atoms with Crippen LogP contribution in [0.15, 0.2) is 40.8 Å². The number of hydrogen-bond donors (Lipinski definition) is 0. The molecule has 0 N–H and O–H groups in total. The molecular formula is C16H15N3O3S. The van der Waals surface area contributed by atoms with Crippen LogP contribution in [-0.2, 0) is 29.1 Å². The van der Waals surface area contributed by atoms with E-state index >= 15 is 0 Å². The van der Waals surface area contributed by atoms with Crippen LogP contribution in [0.3, 0.4) is 0 Å². The number of hydrogen-bond acceptors (Lipinski definition) is 6. The molecule has 2 aromatic heterocycles. The van der Waals surface area contributed by atoms with Crippen LogP contribution in [0, 0.1) is 0 Å². The molecule has 0 aliphatic carbocycles. The molecule has 3 aromatic rings. The fourth-order valence-electron chi connectivity index (χ4n) is 2.14. The topological polar surface area (TPSA) is 74.1 Å². The van der Waals surface area contributed by atoms with E-state index in [1.807, 2.05) is 18.4 Å². The minimum Gasteiger partial charge on any atom is -0.458 e. The summed E-state index contributed by atoms with van der Waals surface area (Å²) in [6.45, 7) is 1.97. The molecule has 6 nitrogen and oxygen atoms in total. The Balaban J connectivity index is 1.68. The van der Waals surface area contributed by atoms with Crippen LogP contribution < -0.4 is 5.56 Å². The molecule has 0 atom stereocenters. The van der Waals surface area contributed by atoms with Gasteiger partial charge in [0.25, 0.3) is 5.56 Å². The number of fused-ring (bicyclic) bond motifs is 1. The number of benzene rings is 1. The van der Waals surface area contributed by atoms with Crippen molar-refractivity contribution in [1.29, 1.82) is 0 Å². The third-order valence-electron chi connectivity index (χ3n) is 3.31. The Bertz CT molecular complexity index is 901. The van der Waals surface area contributed by atoms with Gasteiger partial charge in [-0.25, -0.2) is 9.97 Å². The largest absolute Gasteiger partial charge is 0.458 e. The van der Waals surface area contributed by atoms with Gasteiger partial charge in [0.05, 0.1) is 27.9 Å². The lowest BCUT2D eigenvalue weighted by molar-refractivity contribution is -0.145. The van der Waals surface area contributed by atoms with Gasteiger partial charge in [0.15, 0.2) is 0 Å². The van der Waals surface area contributed by atoms with E-state index in [1.165, 1.54) is 10.9 Å². The van der Waals surface area contributed by atoms with Crippen molar-refractivity contribution in [1.82, 2.24) is 14.5 Å². The van der Waals surface area contributed by atoms with Crippen molar-refractivity contribution >= 4 is 28.2 Å². The lowest BCUT2D eigenvalue weighted by Crippen LogP contribution is -2.25. The van der Waals surface area contributed by atoms with Crippen molar-refractivity contribution in [2.24, 2.45) is 0 Å². The van der Waals surface area contributed by atoms with Gasteiger partial charge in [0.1, 0.15) is 13.2 Å². The molecule has 0 saturated heterocycles. The highest BCUT2D eigenvalue weighted by atomic mass is 32.1. The summed E-state index contributed by atoms with van der Waals surface area (Å²) in [6.07, 6.45) is 2.22. The first-order valence-electron chi connectivity index (χ1n) is 7.20. The quantitative estimate of drug-likeness (QED) is 0.671. The molecule has 0 fully saturated rings. The number of thiazole rings is 1. The smallest absolute Gasteiger partial charge is 0.326 e. The third kappa shape index (κ3) is 3.45. The van der Waals surface area contributed by atoms with E-state index < -0.39 is 5.97 Å². The SMILES string of the molecule is CCc1nc(COC(=O)Cn2cnc3ccccc3c2=O)cs1. The van der Waals surface area contributed by atoms with Crippen LogP contribution in [-0.4, -0.2) is 20.5 Å². The van der Waals surface area contributed by atoms with E-state index in [9.17, 15) is 9.59 Å². The number of aryl methyl sites for hydroxylation is 1. The van der Waals surface area contributed by atoms with E-state index in [2.05, 4.69) is 9.97 Å². The van der Waals surface area contributed by atoms with Crippen molar-refractivity contribution < 1.29 is 9.53 Å². The molecule has 1 aromatic carbocycles. The Morgan fingerprint density at radius 2 is 2.17 bits per heavy atom. The first-order chi connectivity index (χ1) is 11.2. The number of esters is 1. The molecule has 7 heteroatoms.